The number of benzene rings is 3. The van der Waals surface area contributed by atoms with Crippen LogP contribution < -0.4 is 14.9 Å². The molecule has 33 heavy (non-hydrogen) atoms. The first-order valence-corrected chi connectivity index (χ1v) is 10.4. The number of ether oxygens (including phenoxy) is 2. The van der Waals surface area contributed by atoms with Gasteiger partial charge in [0.2, 0.25) is 0 Å². The van der Waals surface area contributed by atoms with Crippen molar-refractivity contribution in [3.05, 3.63) is 101 Å². The van der Waals surface area contributed by atoms with Gasteiger partial charge in [0.15, 0.2) is 11.5 Å². The highest BCUT2D eigenvalue weighted by atomic mass is 16.5. The normalized spacial score (nSPS) is 10.8. The summed E-state index contributed by atoms with van der Waals surface area (Å²) in [7, 11) is 1.59. The Bertz CT molecular complexity index is 1250. The van der Waals surface area contributed by atoms with Gasteiger partial charge in [-0.2, -0.15) is 10.2 Å². The van der Waals surface area contributed by atoms with Gasteiger partial charge >= 0.3 is 0 Å². The highest BCUT2D eigenvalue weighted by Gasteiger charge is 2.10. The van der Waals surface area contributed by atoms with Crippen molar-refractivity contribution in [3.63, 3.8) is 0 Å². The number of hydrazone groups is 1. The summed E-state index contributed by atoms with van der Waals surface area (Å²) >= 11 is 0. The summed E-state index contributed by atoms with van der Waals surface area (Å²) in [6.45, 7) is 2.43. The number of methoxy groups -OCH3 is 1. The molecular formula is C26H24N4O3. The highest BCUT2D eigenvalue weighted by molar-refractivity contribution is 5.94. The van der Waals surface area contributed by atoms with E-state index in [-0.39, 0.29) is 5.91 Å². The second-order valence-corrected chi connectivity index (χ2v) is 7.42. The van der Waals surface area contributed by atoms with Crippen LogP contribution in [-0.4, -0.2) is 29.4 Å². The fourth-order valence-electron chi connectivity index (χ4n) is 3.16. The Hall–Kier alpha value is -4.39. The molecule has 0 spiro atoms. The van der Waals surface area contributed by atoms with Crippen LogP contribution in [0, 0.1) is 6.92 Å². The summed E-state index contributed by atoms with van der Waals surface area (Å²) in [5.74, 6) is 0.826. The summed E-state index contributed by atoms with van der Waals surface area (Å²) in [4.78, 5) is 12.4. The zero-order valence-electron chi connectivity index (χ0n) is 18.4. The predicted molar refractivity (Wildman–Crippen MR) is 128 cm³/mol. The number of hydrogen-bond donors (Lipinski definition) is 2. The lowest BCUT2D eigenvalue weighted by Gasteiger charge is -2.11. The molecule has 0 saturated carbocycles. The molecule has 0 unspecified atom stereocenters. The van der Waals surface area contributed by atoms with Gasteiger partial charge in [0, 0.05) is 5.56 Å². The van der Waals surface area contributed by atoms with Crippen molar-refractivity contribution < 1.29 is 14.3 Å². The monoisotopic (exact) mass is 440 g/mol. The Morgan fingerprint density at radius 1 is 1.03 bits per heavy atom. The molecule has 7 heteroatoms. The number of aromatic nitrogens is 2. The van der Waals surface area contributed by atoms with Crippen LogP contribution in [0.2, 0.25) is 0 Å². The van der Waals surface area contributed by atoms with E-state index in [1.807, 2.05) is 73.7 Å². The molecule has 0 radical (unpaired) electrons. The lowest BCUT2D eigenvalue weighted by Crippen LogP contribution is -2.18. The summed E-state index contributed by atoms with van der Waals surface area (Å²) in [6.07, 6.45) is 1.55. The summed E-state index contributed by atoms with van der Waals surface area (Å²) < 4.78 is 11.3. The first-order chi connectivity index (χ1) is 16.1. The fraction of sp³-hybridized carbons (Fsp3) is 0.115. The second-order valence-electron chi connectivity index (χ2n) is 7.42. The van der Waals surface area contributed by atoms with Gasteiger partial charge in [0.1, 0.15) is 12.3 Å². The SMILES string of the molecule is COc1ccc(/C=N/NC(=O)c2cc(-c3ccc(C)cc3)n[nH]2)cc1OCc1ccccc1. The Balaban J connectivity index is 1.39. The molecule has 0 saturated heterocycles. The molecule has 1 aromatic heterocycles. The number of rotatable bonds is 8. The Labute approximate surface area is 192 Å². The Morgan fingerprint density at radius 2 is 1.82 bits per heavy atom. The zero-order chi connectivity index (χ0) is 23.0. The van der Waals surface area contributed by atoms with Crippen LogP contribution in [0.3, 0.4) is 0 Å². The van der Waals surface area contributed by atoms with Gasteiger partial charge in [-0.3, -0.25) is 9.89 Å². The van der Waals surface area contributed by atoms with Crippen molar-refractivity contribution in [3.8, 4) is 22.8 Å². The van der Waals surface area contributed by atoms with E-state index in [0.29, 0.717) is 29.5 Å². The molecule has 3 aromatic carbocycles. The van der Waals surface area contributed by atoms with Crippen LogP contribution in [0.4, 0.5) is 0 Å². The van der Waals surface area contributed by atoms with E-state index >= 15 is 0 Å². The maximum atomic E-state index is 12.4. The molecule has 166 valence electrons. The van der Waals surface area contributed by atoms with Crippen molar-refractivity contribution in [2.24, 2.45) is 5.10 Å². The summed E-state index contributed by atoms with van der Waals surface area (Å²) in [5.41, 5.74) is 7.43. The van der Waals surface area contributed by atoms with Gasteiger partial charge in [0.05, 0.1) is 19.0 Å². The number of H-pyrrole nitrogens is 1. The molecule has 0 aliphatic carbocycles. The molecule has 4 rings (SSSR count). The van der Waals surface area contributed by atoms with Gasteiger partial charge in [-0.05, 0) is 42.3 Å². The van der Waals surface area contributed by atoms with E-state index in [2.05, 4.69) is 20.7 Å². The number of amides is 1. The second kappa shape index (κ2) is 10.3. The topological polar surface area (TPSA) is 88.6 Å². The summed E-state index contributed by atoms with van der Waals surface area (Å²) in [6, 6.07) is 24.9. The number of hydrogen-bond acceptors (Lipinski definition) is 5. The molecule has 4 aromatic rings. The summed E-state index contributed by atoms with van der Waals surface area (Å²) in [5, 5.41) is 11.0. The molecule has 1 amide bonds. The van der Waals surface area contributed by atoms with Crippen molar-refractivity contribution in [2.45, 2.75) is 13.5 Å². The average molecular weight is 441 g/mol. The van der Waals surface area contributed by atoms with E-state index < -0.39 is 0 Å². The van der Waals surface area contributed by atoms with Crippen molar-refractivity contribution in [2.75, 3.05) is 7.11 Å². The minimum atomic E-state index is -0.383. The Morgan fingerprint density at radius 3 is 2.58 bits per heavy atom. The van der Waals surface area contributed by atoms with E-state index in [1.54, 1.807) is 25.5 Å². The standard InChI is InChI=1S/C26H24N4O3/c1-18-8-11-21(12-9-18)22-15-23(29-28-22)26(31)30-27-16-20-10-13-24(32-2)25(14-20)33-17-19-6-4-3-5-7-19/h3-16H,17H2,1-2H3,(H,28,29)(H,30,31)/b27-16+. The molecule has 0 fully saturated rings. The zero-order valence-corrected chi connectivity index (χ0v) is 18.4. The third-order valence-electron chi connectivity index (χ3n) is 4.97. The maximum Gasteiger partial charge on any atom is 0.289 e. The van der Waals surface area contributed by atoms with Crippen LogP contribution >= 0.6 is 0 Å². The number of aromatic amines is 1. The minimum absolute atomic E-state index is 0.323. The van der Waals surface area contributed by atoms with Crippen LogP contribution in [0.25, 0.3) is 11.3 Å². The smallest absolute Gasteiger partial charge is 0.289 e. The molecule has 0 bridgehead atoms. The lowest BCUT2D eigenvalue weighted by atomic mass is 10.1. The van der Waals surface area contributed by atoms with Crippen LogP contribution in [0.1, 0.15) is 27.2 Å². The third-order valence-corrected chi connectivity index (χ3v) is 4.97. The number of nitrogens with one attached hydrogen (secondary N) is 2. The molecule has 2 N–H and O–H groups in total. The number of nitrogens with zero attached hydrogens (tertiary/aromatic N) is 2. The van der Waals surface area contributed by atoms with Gasteiger partial charge in [0.25, 0.3) is 5.91 Å². The maximum absolute atomic E-state index is 12.4. The van der Waals surface area contributed by atoms with Gasteiger partial charge in [-0.15, -0.1) is 0 Å². The van der Waals surface area contributed by atoms with E-state index in [4.69, 9.17) is 9.47 Å². The van der Waals surface area contributed by atoms with Crippen molar-refractivity contribution in [1.29, 1.82) is 0 Å². The molecular weight excluding hydrogens is 416 g/mol. The van der Waals surface area contributed by atoms with Gasteiger partial charge in [-0.1, -0.05) is 60.2 Å². The molecule has 0 aliphatic heterocycles. The fourth-order valence-corrected chi connectivity index (χ4v) is 3.16. The minimum Gasteiger partial charge on any atom is -0.493 e. The molecule has 0 aliphatic rings. The number of carbonyl (C=O) groups excluding carboxylic acids is 1. The Kier molecular flexibility index (Phi) is 6.80. The quantitative estimate of drug-likeness (QED) is 0.306. The molecule has 7 nitrogen and oxygen atoms in total. The predicted octanol–water partition coefficient (Wildman–Crippen LogP) is 4.74. The van der Waals surface area contributed by atoms with E-state index in [1.165, 1.54) is 0 Å². The lowest BCUT2D eigenvalue weighted by molar-refractivity contribution is 0.0950. The number of aryl methyl sites for hydroxylation is 1. The van der Waals surface area contributed by atoms with Crippen molar-refractivity contribution >= 4 is 12.1 Å². The van der Waals surface area contributed by atoms with Gasteiger partial charge < -0.3 is 9.47 Å². The third kappa shape index (κ3) is 5.65. The first kappa shape index (κ1) is 21.8. The van der Waals surface area contributed by atoms with Crippen LogP contribution in [0.5, 0.6) is 11.5 Å². The number of carbonyl (C=O) groups is 1. The van der Waals surface area contributed by atoms with E-state index in [9.17, 15) is 4.79 Å². The van der Waals surface area contributed by atoms with Crippen molar-refractivity contribution in [1.82, 2.24) is 15.6 Å². The van der Waals surface area contributed by atoms with Gasteiger partial charge in [-0.25, -0.2) is 5.43 Å². The highest BCUT2D eigenvalue weighted by Crippen LogP contribution is 2.28. The molecule has 1 heterocycles. The van der Waals surface area contributed by atoms with Crippen LogP contribution in [0.15, 0.2) is 84.0 Å². The molecule has 0 atom stereocenters. The largest absolute Gasteiger partial charge is 0.493 e. The van der Waals surface area contributed by atoms with Crippen LogP contribution in [-0.2, 0) is 6.61 Å². The first-order valence-electron chi connectivity index (χ1n) is 10.4. The van der Waals surface area contributed by atoms with E-state index in [0.717, 1.165) is 22.3 Å². The average Bonchev–Trinajstić information content (AvgIpc) is 3.34.